The van der Waals surface area contributed by atoms with E-state index in [1.165, 1.54) is 4.57 Å². The van der Waals surface area contributed by atoms with Crippen LogP contribution in [0.15, 0.2) is 58.1 Å². The molecule has 0 aliphatic rings. The lowest BCUT2D eigenvalue weighted by molar-refractivity contribution is 0.664. The summed E-state index contributed by atoms with van der Waals surface area (Å²) >= 11 is 1.10. The minimum absolute atomic E-state index is 0.229. The molecule has 106 valence electrons. The Balaban J connectivity index is 2.00. The lowest BCUT2D eigenvalue weighted by Crippen LogP contribution is -2.31. The van der Waals surface area contributed by atoms with Crippen LogP contribution in [0, 0.1) is 0 Å². The van der Waals surface area contributed by atoms with Gasteiger partial charge in [-0.05, 0) is 30.2 Å². The highest BCUT2D eigenvalue weighted by atomic mass is 32.1. The molecule has 1 heterocycles. The summed E-state index contributed by atoms with van der Waals surface area (Å²) in [6.07, 6.45) is 0.562. The molecule has 4 nitrogen and oxygen atoms in total. The number of nitrogen functional groups attached to an aromatic ring is 1. The fraction of sp³-hybridized carbons (Fsp3) is 0.125. The molecule has 0 amide bonds. The van der Waals surface area contributed by atoms with E-state index in [1.54, 1.807) is 18.2 Å². The van der Waals surface area contributed by atoms with Gasteiger partial charge in [0.25, 0.3) is 5.56 Å². The highest BCUT2D eigenvalue weighted by molar-refractivity contribution is 7.16. The lowest BCUT2D eigenvalue weighted by Gasteiger charge is -2.07. The second-order valence-corrected chi connectivity index (χ2v) is 5.76. The molecule has 0 spiro atoms. The Labute approximate surface area is 125 Å². The minimum Gasteiger partial charge on any atom is -0.399 e. The number of fused-ring (bicyclic) bond motifs is 1. The van der Waals surface area contributed by atoms with E-state index in [2.05, 4.69) is 0 Å². The minimum atomic E-state index is -0.233. The number of anilines is 1. The summed E-state index contributed by atoms with van der Waals surface area (Å²) in [7, 11) is 0. The third kappa shape index (κ3) is 2.60. The van der Waals surface area contributed by atoms with E-state index in [9.17, 15) is 9.59 Å². The molecule has 2 N–H and O–H groups in total. The van der Waals surface area contributed by atoms with E-state index in [1.807, 2.05) is 30.3 Å². The second kappa shape index (κ2) is 5.54. The van der Waals surface area contributed by atoms with Gasteiger partial charge >= 0.3 is 4.87 Å². The molecule has 0 unspecified atom stereocenters. The number of aromatic nitrogens is 1. The summed E-state index contributed by atoms with van der Waals surface area (Å²) in [6.45, 7) is 0.340. The van der Waals surface area contributed by atoms with Crippen molar-refractivity contribution in [2.45, 2.75) is 13.0 Å². The third-order valence-electron chi connectivity index (χ3n) is 3.44. The van der Waals surface area contributed by atoms with Crippen LogP contribution in [0.3, 0.4) is 0 Å². The molecule has 3 rings (SSSR count). The third-order valence-corrected chi connectivity index (χ3v) is 4.41. The Kier molecular flexibility index (Phi) is 3.58. The van der Waals surface area contributed by atoms with E-state index < -0.39 is 0 Å². The zero-order valence-corrected chi connectivity index (χ0v) is 12.1. The van der Waals surface area contributed by atoms with Gasteiger partial charge in [-0.2, -0.15) is 0 Å². The standard InChI is InChI=1S/C16H14N2O2S/c17-13-7-3-1-5-11(13)9-10-18-15(19)12-6-2-4-8-14(12)21-16(18)20/h1-8H,9-10,17H2. The van der Waals surface area contributed by atoms with Crippen LogP contribution >= 0.6 is 11.3 Å². The van der Waals surface area contributed by atoms with Crippen molar-refractivity contribution >= 4 is 27.1 Å². The van der Waals surface area contributed by atoms with Gasteiger partial charge in [0, 0.05) is 16.9 Å². The maximum atomic E-state index is 12.4. The van der Waals surface area contributed by atoms with Crippen molar-refractivity contribution in [1.82, 2.24) is 4.57 Å². The van der Waals surface area contributed by atoms with E-state index in [0.29, 0.717) is 24.0 Å². The van der Waals surface area contributed by atoms with Crippen LogP contribution < -0.4 is 16.2 Å². The van der Waals surface area contributed by atoms with Gasteiger partial charge in [0.1, 0.15) is 0 Å². The van der Waals surface area contributed by atoms with Gasteiger partial charge in [-0.15, -0.1) is 0 Å². The van der Waals surface area contributed by atoms with Gasteiger partial charge in [-0.25, -0.2) is 0 Å². The van der Waals surface area contributed by atoms with E-state index >= 15 is 0 Å². The smallest absolute Gasteiger partial charge is 0.310 e. The van der Waals surface area contributed by atoms with Crippen molar-refractivity contribution in [3.05, 3.63) is 74.1 Å². The van der Waals surface area contributed by atoms with Crippen molar-refractivity contribution in [2.24, 2.45) is 0 Å². The molecule has 1 aromatic heterocycles. The molecule has 0 saturated heterocycles. The van der Waals surface area contributed by atoms with Gasteiger partial charge in [-0.1, -0.05) is 41.7 Å². The van der Waals surface area contributed by atoms with Crippen molar-refractivity contribution in [3.8, 4) is 0 Å². The van der Waals surface area contributed by atoms with Crippen molar-refractivity contribution in [3.63, 3.8) is 0 Å². The monoisotopic (exact) mass is 298 g/mol. The molecule has 0 fully saturated rings. The van der Waals surface area contributed by atoms with Gasteiger partial charge in [0.15, 0.2) is 0 Å². The summed E-state index contributed by atoms with van der Waals surface area (Å²) in [6, 6.07) is 14.7. The first-order valence-corrected chi connectivity index (χ1v) is 7.44. The molecule has 5 heteroatoms. The van der Waals surface area contributed by atoms with E-state index in [4.69, 9.17) is 5.73 Å². The number of nitrogens with two attached hydrogens (primary N) is 1. The first kappa shape index (κ1) is 13.6. The van der Waals surface area contributed by atoms with Gasteiger partial charge in [-0.3, -0.25) is 14.2 Å². The molecule has 0 radical (unpaired) electrons. The van der Waals surface area contributed by atoms with Crippen LogP contribution in [0.1, 0.15) is 5.56 Å². The molecule has 0 saturated carbocycles. The van der Waals surface area contributed by atoms with Gasteiger partial charge < -0.3 is 5.73 Å². The molecular weight excluding hydrogens is 284 g/mol. The maximum absolute atomic E-state index is 12.4. The lowest BCUT2D eigenvalue weighted by atomic mass is 10.1. The fourth-order valence-electron chi connectivity index (χ4n) is 2.30. The Morgan fingerprint density at radius 3 is 2.52 bits per heavy atom. The molecule has 3 aromatic rings. The van der Waals surface area contributed by atoms with E-state index in [0.717, 1.165) is 21.6 Å². The number of hydrogen-bond acceptors (Lipinski definition) is 4. The number of rotatable bonds is 3. The van der Waals surface area contributed by atoms with Crippen LogP contribution in [0.2, 0.25) is 0 Å². The van der Waals surface area contributed by atoms with Crippen molar-refractivity contribution in [1.29, 1.82) is 0 Å². The molecular formula is C16H14N2O2S. The molecule has 0 atom stereocenters. The average Bonchev–Trinajstić information content (AvgIpc) is 2.49. The Hall–Kier alpha value is -2.40. The van der Waals surface area contributed by atoms with E-state index in [-0.39, 0.29) is 10.4 Å². The number of nitrogens with zero attached hydrogens (tertiary/aromatic N) is 1. The van der Waals surface area contributed by atoms with Gasteiger partial charge in [0.05, 0.1) is 5.39 Å². The molecule has 0 bridgehead atoms. The highest BCUT2D eigenvalue weighted by Crippen LogP contribution is 2.13. The normalized spacial score (nSPS) is 10.9. The molecule has 21 heavy (non-hydrogen) atoms. The summed E-state index contributed by atoms with van der Waals surface area (Å²) in [4.78, 5) is 24.3. The number of aryl methyl sites for hydroxylation is 1. The summed E-state index contributed by atoms with van der Waals surface area (Å²) in [5.74, 6) is 0. The quantitative estimate of drug-likeness (QED) is 0.754. The first-order valence-electron chi connectivity index (χ1n) is 6.63. The number of para-hydroxylation sites is 1. The average molecular weight is 298 g/mol. The van der Waals surface area contributed by atoms with Crippen LogP contribution in [0.5, 0.6) is 0 Å². The predicted octanol–water partition coefficient (Wildman–Crippen LogP) is 2.25. The van der Waals surface area contributed by atoms with Crippen molar-refractivity contribution < 1.29 is 0 Å². The zero-order chi connectivity index (χ0) is 14.8. The largest absolute Gasteiger partial charge is 0.399 e. The van der Waals surface area contributed by atoms with Crippen LogP contribution in [-0.2, 0) is 13.0 Å². The number of benzene rings is 2. The highest BCUT2D eigenvalue weighted by Gasteiger charge is 2.08. The summed E-state index contributed by atoms with van der Waals surface area (Å²) < 4.78 is 2.02. The molecule has 0 aliphatic heterocycles. The summed E-state index contributed by atoms with van der Waals surface area (Å²) in [5.41, 5.74) is 7.28. The second-order valence-electron chi connectivity index (χ2n) is 4.77. The molecule has 0 aliphatic carbocycles. The Bertz CT molecular complexity index is 912. The topological polar surface area (TPSA) is 65.1 Å². The Morgan fingerprint density at radius 2 is 1.71 bits per heavy atom. The van der Waals surface area contributed by atoms with Crippen LogP contribution in [-0.4, -0.2) is 4.57 Å². The van der Waals surface area contributed by atoms with Crippen molar-refractivity contribution in [2.75, 3.05) is 5.73 Å². The molecule has 2 aromatic carbocycles. The van der Waals surface area contributed by atoms with Gasteiger partial charge in [0.2, 0.25) is 0 Å². The Morgan fingerprint density at radius 1 is 1.00 bits per heavy atom. The SMILES string of the molecule is Nc1ccccc1CCn1c(=O)sc2ccccc2c1=O. The first-order chi connectivity index (χ1) is 10.2. The van der Waals surface area contributed by atoms with Crippen LogP contribution in [0.4, 0.5) is 5.69 Å². The predicted molar refractivity (Wildman–Crippen MR) is 86.9 cm³/mol. The number of hydrogen-bond donors (Lipinski definition) is 1. The van der Waals surface area contributed by atoms with Crippen LogP contribution in [0.25, 0.3) is 10.1 Å². The maximum Gasteiger partial charge on any atom is 0.310 e. The fourth-order valence-corrected chi connectivity index (χ4v) is 3.18. The zero-order valence-electron chi connectivity index (χ0n) is 11.3. The summed E-state index contributed by atoms with van der Waals surface area (Å²) in [5, 5.41) is 0.586.